The molecule has 274 valence electrons. The van der Waals surface area contributed by atoms with Gasteiger partial charge in [0, 0.05) is 56.6 Å². The molecule has 2 amide bonds. The summed E-state index contributed by atoms with van der Waals surface area (Å²) in [6.07, 6.45) is 0.115. The lowest BCUT2D eigenvalue weighted by Gasteiger charge is -2.36. The Hall–Kier alpha value is -6.11. The molecule has 7 rings (SSSR count). The molecule has 0 aliphatic carbocycles. The van der Waals surface area contributed by atoms with Crippen molar-refractivity contribution in [2.75, 3.05) is 36.4 Å². The monoisotopic (exact) mass is 750 g/mol. The molecule has 6 aromatic rings. The molecule has 1 fully saturated rings. The van der Waals surface area contributed by atoms with Crippen molar-refractivity contribution in [3.8, 4) is 17.1 Å². The van der Waals surface area contributed by atoms with Crippen LogP contribution in [0.1, 0.15) is 34.4 Å². The van der Waals surface area contributed by atoms with E-state index in [2.05, 4.69) is 35.5 Å². The second-order valence-electron chi connectivity index (χ2n) is 12.3. The van der Waals surface area contributed by atoms with Crippen LogP contribution in [0.4, 0.5) is 24.5 Å². The van der Waals surface area contributed by atoms with Crippen LogP contribution in [0.25, 0.3) is 28.2 Å². The summed E-state index contributed by atoms with van der Waals surface area (Å²) in [5.41, 5.74) is 0.244. The number of nitrogens with one attached hydrogen (secondary N) is 1. The number of aryl methyl sites for hydroxylation is 2. The molecule has 2 N–H and O–H groups in total. The molecule has 0 bridgehead atoms. The van der Waals surface area contributed by atoms with E-state index in [1.165, 1.54) is 22.0 Å². The van der Waals surface area contributed by atoms with Crippen molar-refractivity contribution in [2.24, 2.45) is 7.05 Å². The standard InChI is InChI=1S/C33H30ClF3N12O4/c1-4-23-26(46-7-9-47(10-8-46)30(52)25-27(51)17(2)39-16-40-25)31(53)49-32(42-29(44-49)18-11-19-14-45(3)43-28(19)38-13-18)48(23)15-24(50)41-22-6-5-20(12-21(22)34)33(35,36)37/h5-6,11-14,16,51H,4,7-10,15H2,1-3H3,(H,41,50). The topological polar surface area (TPSA) is 182 Å². The van der Waals surface area contributed by atoms with Gasteiger partial charge in [0.2, 0.25) is 11.7 Å². The van der Waals surface area contributed by atoms with Gasteiger partial charge in [0.05, 0.1) is 27.7 Å². The highest BCUT2D eigenvalue weighted by molar-refractivity contribution is 6.33. The zero-order valence-electron chi connectivity index (χ0n) is 28.4. The first-order chi connectivity index (χ1) is 25.2. The highest BCUT2D eigenvalue weighted by atomic mass is 35.5. The van der Waals surface area contributed by atoms with Crippen LogP contribution in [-0.2, 0) is 31.0 Å². The van der Waals surface area contributed by atoms with Crippen molar-refractivity contribution in [2.45, 2.75) is 33.0 Å². The summed E-state index contributed by atoms with van der Waals surface area (Å²) in [5.74, 6) is -1.27. The van der Waals surface area contributed by atoms with Gasteiger partial charge in [-0.05, 0) is 37.6 Å². The molecule has 0 radical (unpaired) electrons. The predicted octanol–water partition coefficient (Wildman–Crippen LogP) is 3.48. The number of halogens is 4. The largest absolute Gasteiger partial charge is 0.504 e. The molecule has 0 saturated carbocycles. The number of rotatable bonds is 7. The minimum Gasteiger partial charge on any atom is -0.504 e. The molecule has 0 atom stereocenters. The third-order valence-corrected chi connectivity index (χ3v) is 9.17. The van der Waals surface area contributed by atoms with Gasteiger partial charge in [0.15, 0.2) is 22.9 Å². The molecule has 6 heterocycles. The molecule has 1 saturated heterocycles. The first kappa shape index (κ1) is 35.3. The summed E-state index contributed by atoms with van der Waals surface area (Å²) in [5, 5.41) is 22.2. The summed E-state index contributed by atoms with van der Waals surface area (Å²) in [6.45, 7) is 3.71. The van der Waals surface area contributed by atoms with Gasteiger partial charge in [-0.15, -0.1) is 5.10 Å². The van der Waals surface area contributed by atoms with Gasteiger partial charge in [-0.1, -0.05) is 18.5 Å². The fourth-order valence-electron chi connectivity index (χ4n) is 6.24. The SMILES string of the molecule is CCc1c(N2CCN(C(=O)c3ncnc(C)c3O)CC2)c(=O)n2nc(-c3cnc4nn(C)cc4c3)nc2n1CC(=O)Nc1ccc(C(F)(F)F)cc1Cl. The Balaban J connectivity index is 1.27. The van der Waals surface area contributed by atoms with Gasteiger partial charge >= 0.3 is 6.18 Å². The van der Waals surface area contributed by atoms with Gasteiger partial charge in [-0.2, -0.15) is 27.8 Å². The maximum atomic E-state index is 14.3. The maximum absolute atomic E-state index is 14.3. The van der Waals surface area contributed by atoms with Crippen LogP contribution in [0, 0.1) is 6.92 Å². The summed E-state index contributed by atoms with van der Waals surface area (Å²) in [4.78, 5) is 61.4. The van der Waals surface area contributed by atoms with Crippen LogP contribution >= 0.6 is 11.6 Å². The Bertz CT molecular complexity index is 2490. The number of hydrogen-bond acceptors (Lipinski definition) is 11. The third kappa shape index (κ3) is 6.58. The van der Waals surface area contributed by atoms with E-state index in [-0.39, 0.29) is 77.7 Å². The summed E-state index contributed by atoms with van der Waals surface area (Å²) < 4.78 is 43.9. The van der Waals surface area contributed by atoms with E-state index < -0.39 is 35.7 Å². The highest BCUT2D eigenvalue weighted by Crippen LogP contribution is 2.34. The molecule has 16 nitrogen and oxygen atoms in total. The van der Waals surface area contributed by atoms with Gasteiger partial charge in [-0.3, -0.25) is 19.1 Å². The van der Waals surface area contributed by atoms with Crippen molar-refractivity contribution in [3.63, 3.8) is 0 Å². The lowest BCUT2D eigenvalue weighted by atomic mass is 10.2. The normalized spacial score (nSPS) is 13.6. The van der Waals surface area contributed by atoms with E-state index in [4.69, 9.17) is 11.6 Å². The number of pyridine rings is 1. The van der Waals surface area contributed by atoms with Gasteiger partial charge in [0.1, 0.15) is 18.6 Å². The number of piperazine rings is 1. The number of carbonyl (C=O) groups excluding carboxylic acids is 2. The first-order valence-electron chi connectivity index (χ1n) is 16.3. The van der Waals surface area contributed by atoms with Crippen LogP contribution in [0.3, 0.4) is 0 Å². The molecular formula is C33H30ClF3N12O4. The van der Waals surface area contributed by atoms with Crippen LogP contribution in [0.15, 0.2) is 47.8 Å². The smallest absolute Gasteiger partial charge is 0.416 e. The Labute approximate surface area is 302 Å². The van der Waals surface area contributed by atoms with Gasteiger partial charge in [0.25, 0.3) is 11.5 Å². The third-order valence-electron chi connectivity index (χ3n) is 8.86. The molecule has 1 aliphatic rings. The Morgan fingerprint density at radius 3 is 2.51 bits per heavy atom. The number of nitrogens with zero attached hydrogens (tertiary/aromatic N) is 11. The maximum Gasteiger partial charge on any atom is 0.416 e. The summed E-state index contributed by atoms with van der Waals surface area (Å²) in [6, 6.07) is 4.37. The molecule has 53 heavy (non-hydrogen) atoms. The van der Waals surface area contributed by atoms with Gasteiger partial charge in [-0.25, -0.2) is 15.0 Å². The number of hydrogen-bond donors (Lipinski definition) is 2. The molecule has 0 unspecified atom stereocenters. The predicted molar refractivity (Wildman–Crippen MR) is 186 cm³/mol. The van der Waals surface area contributed by atoms with Crippen molar-refractivity contribution >= 4 is 51.6 Å². The molecule has 1 aromatic carbocycles. The number of aromatic hydroxyl groups is 1. The summed E-state index contributed by atoms with van der Waals surface area (Å²) in [7, 11) is 1.75. The highest BCUT2D eigenvalue weighted by Gasteiger charge is 2.32. The average molecular weight is 751 g/mol. The lowest BCUT2D eigenvalue weighted by molar-refractivity contribution is -0.137. The minimum atomic E-state index is -4.63. The van der Waals surface area contributed by atoms with E-state index in [9.17, 15) is 32.7 Å². The molecule has 1 aliphatic heterocycles. The summed E-state index contributed by atoms with van der Waals surface area (Å²) >= 11 is 6.13. The molecule has 20 heteroatoms. The van der Waals surface area contributed by atoms with Crippen LogP contribution in [0.2, 0.25) is 5.02 Å². The molecular weight excluding hydrogens is 721 g/mol. The van der Waals surface area contributed by atoms with Crippen LogP contribution in [0.5, 0.6) is 5.75 Å². The number of benzene rings is 1. The Kier molecular flexibility index (Phi) is 8.96. The average Bonchev–Trinajstić information content (AvgIpc) is 3.74. The number of aromatic nitrogens is 9. The second-order valence-corrected chi connectivity index (χ2v) is 12.7. The molecule has 0 spiro atoms. The van der Waals surface area contributed by atoms with E-state index in [0.29, 0.717) is 22.3 Å². The number of alkyl halides is 3. The second kappa shape index (κ2) is 13.5. The minimum absolute atomic E-state index is 0.0361. The lowest BCUT2D eigenvalue weighted by Crippen LogP contribution is -2.51. The van der Waals surface area contributed by atoms with Crippen LogP contribution in [-0.4, -0.2) is 91.9 Å². The van der Waals surface area contributed by atoms with Crippen molar-refractivity contribution in [3.05, 3.63) is 81.0 Å². The van der Waals surface area contributed by atoms with Crippen molar-refractivity contribution in [1.82, 2.24) is 48.8 Å². The van der Waals surface area contributed by atoms with Crippen molar-refractivity contribution < 1.29 is 27.9 Å². The number of anilines is 2. The zero-order chi connectivity index (χ0) is 37.8. The van der Waals surface area contributed by atoms with Crippen LogP contribution < -0.4 is 15.8 Å². The van der Waals surface area contributed by atoms with E-state index >= 15 is 0 Å². The zero-order valence-corrected chi connectivity index (χ0v) is 29.1. The van der Waals surface area contributed by atoms with E-state index in [1.54, 1.807) is 42.7 Å². The number of amides is 2. The fourth-order valence-corrected chi connectivity index (χ4v) is 6.47. The van der Waals surface area contributed by atoms with Crippen molar-refractivity contribution in [1.29, 1.82) is 0 Å². The number of fused-ring (bicyclic) bond motifs is 2. The quantitative estimate of drug-likeness (QED) is 0.244. The Morgan fingerprint density at radius 1 is 1.06 bits per heavy atom. The van der Waals surface area contributed by atoms with E-state index in [0.717, 1.165) is 22.7 Å². The Morgan fingerprint density at radius 2 is 1.81 bits per heavy atom. The molecule has 5 aromatic heterocycles. The first-order valence-corrected chi connectivity index (χ1v) is 16.6. The van der Waals surface area contributed by atoms with E-state index in [1.807, 2.05) is 0 Å². The fraction of sp³-hybridized carbons (Fsp3) is 0.303. The number of carbonyl (C=O) groups is 2. The van der Waals surface area contributed by atoms with Gasteiger partial charge < -0.3 is 24.8 Å².